The maximum atomic E-state index is 9.32. The van der Waals surface area contributed by atoms with Gasteiger partial charge in [0, 0.05) is 7.11 Å². The molecule has 0 aliphatic carbocycles. The van der Waals surface area contributed by atoms with Gasteiger partial charge >= 0.3 is 0 Å². The van der Waals surface area contributed by atoms with Gasteiger partial charge in [0.1, 0.15) is 0 Å². The third-order valence-corrected chi connectivity index (χ3v) is 7.04. The zero-order valence-corrected chi connectivity index (χ0v) is 10.9. The highest BCUT2D eigenvalue weighted by Crippen LogP contribution is 2.16. The van der Waals surface area contributed by atoms with Gasteiger partial charge in [-0.1, -0.05) is 20.8 Å². The lowest BCUT2D eigenvalue weighted by Gasteiger charge is -2.27. The summed E-state index contributed by atoms with van der Waals surface area (Å²) in [5.41, 5.74) is 0. The van der Waals surface area contributed by atoms with Gasteiger partial charge in [-0.25, -0.2) is 0 Å². The van der Waals surface area contributed by atoms with Gasteiger partial charge in [-0.3, -0.25) is 0 Å². The van der Waals surface area contributed by atoms with Crippen LogP contribution in [0, 0.1) is 0 Å². The van der Waals surface area contributed by atoms with Crippen molar-refractivity contribution in [2.75, 3.05) is 19.9 Å². The SMILES string of the molecule is CCC(O)COC[Si](CC)(CC)OC. The number of aliphatic hydroxyl groups excluding tert-OH is 1. The fourth-order valence-electron chi connectivity index (χ4n) is 1.30. The lowest BCUT2D eigenvalue weighted by Crippen LogP contribution is -2.42. The van der Waals surface area contributed by atoms with E-state index in [2.05, 4.69) is 13.8 Å². The van der Waals surface area contributed by atoms with Gasteiger partial charge < -0.3 is 14.3 Å². The predicted octanol–water partition coefficient (Wildman–Crippen LogP) is 1.94. The van der Waals surface area contributed by atoms with Crippen LogP contribution in [0.25, 0.3) is 0 Å². The van der Waals surface area contributed by atoms with Crippen molar-refractivity contribution in [3.63, 3.8) is 0 Å². The third kappa shape index (κ3) is 4.55. The minimum atomic E-state index is -1.63. The summed E-state index contributed by atoms with van der Waals surface area (Å²) in [7, 11) is 0.146. The molecule has 1 unspecified atom stereocenters. The van der Waals surface area contributed by atoms with E-state index in [0.29, 0.717) is 12.8 Å². The first kappa shape index (κ1) is 14.1. The summed E-state index contributed by atoms with van der Waals surface area (Å²) in [6.45, 7) is 6.70. The molecule has 0 heterocycles. The summed E-state index contributed by atoms with van der Waals surface area (Å²) in [6.07, 6.45) is 1.13. The van der Waals surface area contributed by atoms with Crippen molar-refractivity contribution in [2.45, 2.75) is 45.4 Å². The van der Waals surface area contributed by atoms with Crippen LogP contribution in [0.4, 0.5) is 0 Å². The highest BCUT2D eigenvalue weighted by Gasteiger charge is 2.30. The Morgan fingerprint density at radius 3 is 2.14 bits per heavy atom. The molecule has 0 aliphatic rings. The van der Waals surface area contributed by atoms with Crippen LogP contribution >= 0.6 is 0 Å². The van der Waals surface area contributed by atoms with Crippen LogP contribution in [-0.2, 0) is 9.16 Å². The average molecular weight is 220 g/mol. The molecule has 86 valence electrons. The lowest BCUT2D eigenvalue weighted by molar-refractivity contribution is 0.0475. The molecule has 0 fully saturated rings. The first-order valence-electron chi connectivity index (χ1n) is 5.45. The van der Waals surface area contributed by atoms with E-state index in [4.69, 9.17) is 9.16 Å². The van der Waals surface area contributed by atoms with Crippen molar-refractivity contribution in [1.29, 1.82) is 0 Å². The van der Waals surface area contributed by atoms with E-state index < -0.39 is 8.32 Å². The van der Waals surface area contributed by atoms with Gasteiger partial charge in [-0.05, 0) is 18.5 Å². The largest absolute Gasteiger partial charge is 0.418 e. The highest BCUT2D eigenvalue weighted by atomic mass is 28.4. The second-order valence-corrected chi connectivity index (χ2v) is 8.15. The number of ether oxygens (including phenoxy) is 1. The normalized spacial score (nSPS) is 14.4. The van der Waals surface area contributed by atoms with Crippen molar-refractivity contribution >= 4 is 8.32 Å². The summed E-state index contributed by atoms with van der Waals surface area (Å²) in [5.74, 6) is 0. The van der Waals surface area contributed by atoms with Crippen LogP contribution < -0.4 is 0 Å². The van der Waals surface area contributed by atoms with Crippen molar-refractivity contribution in [3.05, 3.63) is 0 Å². The molecule has 4 heteroatoms. The molecule has 0 spiro atoms. The molecule has 0 amide bonds. The number of hydrogen-bond donors (Lipinski definition) is 1. The monoisotopic (exact) mass is 220 g/mol. The van der Waals surface area contributed by atoms with E-state index >= 15 is 0 Å². The Hall–Kier alpha value is 0.0969. The standard InChI is InChI=1S/C10H24O3Si/c1-5-10(11)8-13-9-14(6-2,7-3)12-4/h10-11H,5-9H2,1-4H3. The van der Waals surface area contributed by atoms with E-state index in [0.717, 1.165) is 18.5 Å². The molecule has 0 rings (SSSR count). The molecular weight excluding hydrogens is 196 g/mol. The molecule has 0 radical (unpaired) electrons. The molecule has 3 nitrogen and oxygen atoms in total. The minimum Gasteiger partial charge on any atom is -0.418 e. The van der Waals surface area contributed by atoms with Crippen LogP contribution in [0.5, 0.6) is 0 Å². The maximum absolute atomic E-state index is 9.32. The molecule has 0 saturated carbocycles. The number of aliphatic hydroxyl groups is 1. The minimum absolute atomic E-state index is 0.327. The summed E-state index contributed by atoms with van der Waals surface area (Å²) >= 11 is 0. The highest BCUT2D eigenvalue weighted by molar-refractivity contribution is 6.73. The first-order chi connectivity index (χ1) is 6.64. The van der Waals surface area contributed by atoms with Crippen LogP contribution in [0.2, 0.25) is 12.1 Å². The Morgan fingerprint density at radius 2 is 1.79 bits per heavy atom. The van der Waals surface area contributed by atoms with Crippen LogP contribution in [-0.4, -0.2) is 39.5 Å². The van der Waals surface area contributed by atoms with Gasteiger partial charge in [-0.2, -0.15) is 0 Å². The summed E-state index contributed by atoms with van der Waals surface area (Å²) in [4.78, 5) is 0. The Bertz CT molecular complexity index is 129. The fraction of sp³-hybridized carbons (Fsp3) is 1.00. The van der Waals surface area contributed by atoms with Crippen molar-refractivity contribution < 1.29 is 14.3 Å². The van der Waals surface area contributed by atoms with E-state index in [1.54, 1.807) is 7.11 Å². The Balaban J connectivity index is 3.82. The molecule has 0 aromatic rings. The summed E-state index contributed by atoms with van der Waals surface area (Å²) in [6, 6.07) is 2.14. The number of rotatable bonds is 8. The van der Waals surface area contributed by atoms with E-state index in [1.165, 1.54) is 0 Å². The van der Waals surface area contributed by atoms with E-state index in [-0.39, 0.29) is 6.10 Å². The van der Waals surface area contributed by atoms with Gasteiger partial charge in [0.2, 0.25) is 8.32 Å². The quantitative estimate of drug-likeness (QED) is 0.635. The van der Waals surface area contributed by atoms with Gasteiger partial charge in [0.15, 0.2) is 0 Å². The average Bonchev–Trinajstić information content (AvgIpc) is 2.25. The van der Waals surface area contributed by atoms with Gasteiger partial charge in [-0.15, -0.1) is 0 Å². The second-order valence-electron chi connectivity index (χ2n) is 3.67. The van der Waals surface area contributed by atoms with Crippen LogP contribution in [0.3, 0.4) is 0 Å². The van der Waals surface area contributed by atoms with Gasteiger partial charge in [0.25, 0.3) is 0 Å². The molecule has 0 aromatic heterocycles. The lowest BCUT2D eigenvalue weighted by atomic mass is 10.3. The smallest absolute Gasteiger partial charge is 0.216 e. The molecule has 1 N–H and O–H groups in total. The zero-order valence-electron chi connectivity index (χ0n) is 9.88. The first-order valence-corrected chi connectivity index (χ1v) is 7.98. The predicted molar refractivity (Wildman–Crippen MR) is 60.8 cm³/mol. The van der Waals surface area contributed by atoms with Crippen molar-refractivity contribution in [3.8, 4) is 0 Å². The Labute approximate surface area is 88.5 Å². The maximum Gasteiger partial charge on any atom is 0.216 e. The van der Waals surface area contributed by atoms with Crippen LogP contribution in [0.15, 0.2) is 0 Å². The third-order valence-electron chi connectivity index (χ3n) is 2.87. The van der Waals surface area contributed by atoms with Crippen molar-refractivity contribution in [1.82, 2.24) is 0 Å². The van der Waals surface area contributed by atoms with E-state index in [1.807, 2.05) is 6.92 Å². The fourth-order valence-corrected chi connectivity index (χ4v) is 3.39. The molecular formula is C10H24O3Si. The molecule has 14 heavy (non-hydrogen) atoms. The molecule has 0 aromatic carbocycles. The summed E-state index contributed by atoms with van der Waals surface area (Å²) in [5, 5.41) is 9.32. The molecule has 0 aliphatic heterocycles. The molecule has 1 atom stereocenters. The molecule has 0 saturated heterocycles. The van der Waals surface area contributed by atoms with Gasteiger partial charge in [0.05, 0.1) is 18.9 Å². The van der Waals surface area contributed by atoms with Crippen molar-refractivity contribution in [2.24, 2.45) is 0 Å². The Kier molecular flexibility index (Phi) is 7.45. The number of hydrogen-bond acceptors (Lipinski definition) is 3. The zero-order chi connectivity index (χ0) is 11.0. The van der Waals surface area contributed by atoms with E-state index in [9.17, 15) is 5.11 Å². The van der Waals surface area contributed by atoms with Crippen LogP contribution in [0.1, 0.15) is 27.2 Å². The second kappa shape index (κ2) is 7.40. The Morgan fingerprint density at radius 1 is 1.21 bits per heavy atom. The topological polar surface area (TPSA) is 38.7 Å². The molecule has 0 bridgehead atoms. The summed E-state index contributed by atoms with van der Waals surface area (Å²) < 4.78 is 11.1.